The predicted molar refractivity (Wildman–Crippen MR) is 126 cm³/mol. The van der Waals surface area contributed by atoms with Crippen molar-refractivity contribution in [2.75, 3.05) is 14.2 Å². The lowest BCUT2D eigenvalue weighted by Crippen LogP contribution is -2.15. The highest BCUT2D eigenvalue weighted by atomic mass is 16.5. The van der Waals surface area contributed by atoms with Crippen molar-refractivity contribution in [3.05, 3.63) is 77.6 Å². The molecule has 0 spiro atoms. The molecule has 0 radical (unpaired) electrons. The molecule has 0 fully saturated rings. The highest BCUT2D eigenvalue weighted by Crippen LogP contribution is 2.37. The number of para-hydroxylation sites is 1. The lowest BCUT2D eigenvalue weighted by Gasteiger charge is -2.14. The Morgan fingerprint density at radius 3 is 1.97 bits per heavy atom. The molecule has 0 unspecified atom stereocenters. The van der Waals surface area contributed by atoms with E-state index in [1.807, 2.05) is 65.2 Å². The number of benzene rings is 2. The van der Waals surface area contributed by atoms with Crippen LogP contribution in [0.1, 0.15) is 65.6 Å². The third kappa shape index (κ3) is 4.93. The number of esters is 2. The van der Waals surface area contributed by atoms with Crippen molar-refractivity contribution in [2.24, 2.45) is 0 Å². The van der Waals surface area contributed by atoms with E-state index in [0.29, 0.717) is 0 Å². The van der Waals surface area contributed by atoms with Crippen LogP contribution in [0.25, 0.3) is 16.8 Å². The van der Waals surface area contributed by atoms with Crippen LogP contribution >= 0.6 is 0 Å². The standard InChI is InChI=1S/C27H31NO4/c1-4-5-6-7-14-19-22-23(20-15-10-8-11-16-20)24(26(29)31-2)25(27(30)32-3)28(22)21-17-12-9-13-18-21/h8-13,15-18H,4-7,14,19H2,1-3H3. The van der Waals surface area contributed by atoms with Crippen LogP contribution in [-0.2, 0) is 15.9 Å². The van der Waals surface area contributed by atoms with Crippen molar-refractivity contribution in [3.63, 3.8) is 0 Å². The van der Waals surface area contributed by atoms with Gasteiger partial charge in [0.1, 0.15) is 11.3 Å². The Hall–Kier alpha value is -3.34. The molecule has 0 aliphatic carbocycles. The summed E-state index contributed by atoms with van der Waals surface area (Å²) in [6.07, 6.45) is 6.31. The van der Waals surface area contributed by atoms with E-state index in [0.717, 1.165) is 48.2 Å². The Morgan fingerprint density at radius 1 is 0.781 bits per heavy atom. The zero-order chi connectivity index (χ0) is 22.9. The smallest absolute Gasteiger partial charge is 0.355 e. The van der Waals surface area contributed by atoms with Gasteiger partial charge in [-0.25, -0.2) is 9.59 Å². The molecule has 3 rings (SSSR count). The number of ether oxygens (including phenoxy) is 2. The first kappa shape index (κ1) is 23.3. The number of hydrogen-bond acceptors (Lipinski definition) is 4. The van der Waals surface area contributed by atoms with Crippen molar-refractivity contribution in [3.8, 4) is 16.8 Å². The van der Waals surface area contributed by atoms with E-state index in [-0.39, 0.29) is 11.3 Å². The van der Waals surface area contributed by atoms with Gasteiger partial charge < -0.3 is 14.0 Å². The van der Waals surface area contributed by atoms with Crippen LogP contribution in [0.3, 0.4) is 0 Å². The molecule has 3 aromatic rings. The number of rotatable bonds is 10. The van der Waals surface area contributed by atoms with Crippen LogP contribution in [0.15, 0.2) is 60.7 Å². The van der Waals surface area contributed by atoms with Crippen LogP contribution < -0.4 is 0 Å². The van der Waals surface area contributed by atoms with Gasteiger partial charge in [0.05, 0.1) is 14.2 Å². The predicted octanol–water partition coefficient (Wildman–Crippen LogP) is 6.23. The van der Waals surface area contributed by atoms with E-state index >= 15 is 0 Å². The molecule has 1 heterocycles. The van der Waals surface area contributed by atoms with Crippen LogP contribution in [0.5, 0.6) is 0 Å². The fourth-order valence-electron chi connectivity index (χ4n) is 4.12. The molecule has 168 valence electrons. The third-order valence-corrected chi connectivity index (χ3v) is 5.63. The normalized spacial score (nSPS) is 10.7. The average Bonchev–Trinajstić information content (AvgIpc) is 3.19. The van der Waals surface area contributed by atoms with Gasteiger partial charge >= 0.3 is 11.9 Å². The average molecular weight is 434 g/mol. The van der Waals surface area contributed by atoms with E-state index in [4.69, 9.17) is 9.47 Å². The van der Waals surface area contributed by atoms with Gasteiger partial charge in [-0.15, -0.1) is 0 Å². The first-order valence-corrected chi connectivity index (χ1v) is 11.2. The summed E-state index contributed by atoms with van der Waals surface area (Å²) in [6, 6.07) is 19.3. The molecule has 0 atom stereocenters. The van der Waals surface area contributed by atoms with Gasteiger partial charge in [0.2, 0.25) is 0 Å². The van der Waals surface area contributed by atoms with Gasteiger partial charge in [-0.3, -0.25) is 0 Å². The highest BCUT2D eigenvalue weighted by Gasteiger charge is 2.33. The van der Waals surface area contributed by atoms with E-state index < -0.39 is 11.9 Å². The Labute approximate surface area is 190 Å². The molecule has 0 bridgehead atoms. The summed E-state index contributed by atoms with van der Waals surface area (Å²) in [5.41, 5.74) is 3.78. The summed E-state index contributed by atoms with van der Waals surface area (Å²) in [7, 11) is 2.67. The summed E-state index contributed by atoms with van der Waals surface area (Å²) in [5, 5.41) is 0. The Bertz CT molecular complexity index is 962. The quantitative estimate of drug-likeness (QED) is 0.281. The van der Waals surface area contributed by atoms with E-state index in [2.05, 4.69) is 6.92 Å². The van der Waals surface area contributed by atoms with Crippen molar-refractivity contribution in [2.45, 2.75) is 45.4 Å². The van der Waals surface area contributed by atoms with Gasteiger partial charge in [-0.1, -0.05) is 81.1 Å². The number of nitrogens with zero attached hydrogens (tertiary/aromatic N) is 1. The summed E-state index contributed by atoms with van der Waals surface area (Å²) in [5.74, 6) is -1.12. The molecule has 2 aromatic carbocycles. The maximum atomic E-state index is 13.0. The molecular weight excluding hydrogens is 402 g/mol. The third-order valence-electron chi connectivity index (χ3n) is 5.63. The van der Waals surface area contributed by atoms with Gasteiger partial charge in [0.25, 0.3) is 0 Å². The van der Waals surface area contributed by atoms with Gasteiger partial charge in [-0.05, 0) is 30.5 Å². The van der Waals surface area contributed by atoms with Crippen molar-refractivity contribution < 1.29 is 19.1 Å². The van der Waals surface area contributed by atoms with E-state index in [1.165, 1.54) is 27.1 Å². The SMILES string of the molecule is CCCCCCCc1c(-c2ccccc2)c(C(=O)OC)c(C(=O)OC)n1-c1ccccc1. The molecule has 0 aliphatic rings. The minimum Gasteiger partial charge on any atom is -0.465 e. The van der Waals surface area contributed by atoms with E-state index in [1.54, 1.807) is 0 Å². The zero-order valence-corrected chi connectivity index (χ0v) is 19.1. The summed E-state index contributed by atoms with van der Waals surface area (Å²) in [6.45, 7) is 2.19. The van der Waals surface area contributed by atoms with Crippen molar-refractivity contribution in [1.29, 1.82) is 0 Å². The molecule has 32 heavy (non-hydrogen) atoms. The van der Waals surface area contributed by atoms with Gasteiger partial charge in [0, 0.05) is 16.9 Å². The number of carbonyl (C=O) groups excluding carboxylic acids is 2. The lowest BCUT2D eigenvalue weighted by molar-refractivity contribution is 0.0550. The lowest BCUT2D eigenvalue weighted by atomic mass is 9.97. The minimum atomic E-state index is -0.566. The number of methoxy groups -OCH3 is 2. The first-order valence-electron chi connectivity index (χ1n) is 11.2. The monoisotopic (exact) mass is 433 g/mol. The first-order chi connectivity index (χ1) is 15.6. The molecule has 0 amide bonds. The second kappa shape index (κ2) is 11.3. The molecule has 0 N–H and O–H groups in total. The number of aromatic nitrogens is 1. The van der Waals surface area contributed by atoms with Crippen LogP contribution in [0, 0.1) is 0 Å². The molecule has 0 saturated carbocycles. The van der Waals surface area contributed by atoms with Crippen molar-refractivity contribution >= 4 is 11.9 Å². The molecule has 0 saturated heterocycles. The summed E-state index contributed by atoms with van der Waals surface area (Å²) < 4.78 is 12.1. The zero-order valence-electron chi connectivity index (χ0n) is 19.1. The summed E-state index contributed by atoms with van der Waals surface area (Å²) >= 11 is 0. The molecule has 5 heteroatoms. The Kier molecular flexibility index (Phi) is 8.26. The summed E-state index contributed by atoms with van der Waals surface area (Å²) in [4.78, 5) is 26.0. The molecule has 0 aliphatic heterocycles. The number of hydrogen-bond donors (Lipinski definition) is 0. The van der Waals surface area contributed by atoms with Crippen LogP contribution in [0.2, 0.25) is 0 Å². The maximum Gasteiger partial charge on any atom is 0.355 e. The van der Waals surface area contributed by atoms with Gasteiger partial charge in [-0.2, -0.15) is 0 Å². The minimum absolute atomic E-state index is 0.202. The van der Waals surface area contributed by atoms with E-state index in [9.17, 15) is 9.59 Å². The fourth-order valence-corrected chi connectivity index (χ4v) is 4.12. The van der Waals surface area contributed by atoms with Crippen molar-refractivity contribution in [1.82, 2.24) is 4.57 Å². The number of carbonyl (C=O) groups is 2. The Morgan fingerprint density at radius 2 is 1.38 bits per heavy atom. The molecular formula is C27H31NO4. The second-order valence-electron chi connectivity index (χ2n) is 7.73. The number of unbranched alkanes of at least 4 members (excludes halogenated alkanes) is 4. The molecule has 5 nitrogen and oxygen atoms in total. The largest absolute Gasteiger partial charge is 0.465 e. The topological polar surface area (TPSA) is 57.5 Å². The van der Waals surface area contributed by atoms with Crippen LogP contribution in [0.4, 0.5) is 0 Å². The molecule has 1 aromatic heterocycles. The fraction of sp³-hybridized carbons (Fsp3) is 0.333. The van der Waals surface area contributed by atoms with Gasteiger partial charge in [0.15, 0.2) is 0 Å². The maximum absolute atomic E-state index is 13.0. The highest BCUT2D eigenvalue weighted by molar-refractivity contribution is 6.08. The van der Waals surface area contributed by atoms with Crippen LogP contribution in [-0.4, -0.2) is 30.7 Å². The Balaban J connectivity index is 2.30. The second-order valence-corrected chi connectivity index (χ2v) is 7.73.